The average Bonchev–Trinajstić information content (AvgIpc) is 3.24. The molecule has 1 saturated heterocycles. The van der Waals surface area contributed by atoms with Crippen LogP contribution in [0.15, 0.2) is 83.3 Å². The number of halogens is 1. The number of para-hydroxylation sites is 1. The Labute approximate surface area is 221 Å². The normalized spacial score (nSPS) is 23.5. The zero-order valence-electron chi connectivity index (χ0n) is 19.6. The average molecular weight is 558 g/mol. The van der Waals surface area contributed by atoms with Crippen LogP contribution in [0, 0.1) is 26.9 Å². The van der Waals surface area contributed by atoms with Gasteiger partial charge in [0.2, 0.25) is 0 Å². The van der Waals surface area contributed by atoms with Gasteiger partial charge in [0.1, 0.15) is 6.04 Å². The van der Waals surface area contributed by atoms with Crippen molar-refractivity contribution in [1.82, 2.24) is 0 Å². The third-order valence-corrected chi connectivity index (χ3v) is 7.62. The number of fused-ring (bicyclic) bond motifs is 3. The van der Waals surface area contributed by atoms with Gasteiger partial charge in [-0.15, -0.1) is 0 Å². The number of nitrogens with zero attached hydrogens (tertiary/aromatic N) is 3. The molecule has 2 heterocycles. The van der Waals surface area contributed by atoms with E-state index in [-0.39, 0.29) is 11.3 Å². The first kappa shape index (κ1) is 24.4. The van der Waals surface area contributed by atoms with E-state index in [1.165, 1.54) is 31.4 Å². The second-order valence-corrected chi connectivity index (χ2v) is 9.80. The summed E-state index contributed by atoms with van der Waals surface area (Å²) in [4.78, 5) is 40.5. The van der Waals surface area contributed by atoms with Crippen molar-refractivity contribution in [3.05, 3.63) is 110 Å². The molecule has 0 amide bonds. The van der Waals surface area contributed by atoms with E-state index in [9.17, 15) is 25.0 Å². The van der Waals surface area contributed by atoms with Gasteiger partial charge in [-0.2, -0.15) is 5.26 Å². The lowest BCUT2D eigenvalue weighted by molar-refractivity contribution is -0.384. The molecule has 2 aliphatic heterocycles. The van der Waals surface area contributed by atoms with Crippen molar-refractivity contribution in [1.29, 1.82) is 5.26 Å². The molecule has 3 aromatic carbocycles. The van der Waals surface area contributed by atoms with Gasteiger partial charge in [0.25, 0.3) is 5.69 Å². The zero-order chi connectivity index (χ0) is 26.3. The lowest BCUT2D eigenvalue weighted by atomic mass is 9.68. The van der Waals surface area contributed by atoms with Crippen LogP contribution in [0.4, 0.5) is 11.4 Å². The number of carbonyl (C=O) groups is 2. The third kappa shape index (κ3) is 3.72. The summed E-state index contributed by atoms with van der Waals surface area (Å²) in [6.45, 7) is 0. The lowest BCUT2D eigenvalue weighted by Crippen LogP contribution is -2.46. The molecule has 1 fully saturated rings. The quantitative estimate of drug-likeness (QED) is 0.181. The second kappa shape index (κ2) is 9.30. The number of carbonyl (C=O) groups excluding carboxylic acids is 2. The fraction of sp³-hybridized carbons (Fsp3) is 0.179. The molecule has 3 aromatic rings. The van der Waals surface area contributed by atoms with Crippen molar-refractivity contribution in [2.75, 3.05) is 12.0 Å². The van der Waals surface area contributed by atoms with Crippen LogP contribution in [-0.4, -0.2) is 35.9 Å². The molecular formula is C28H20BrN3O5. The molecular weight excluding hydrogens is 538 g/mol. The molecule has 8 nitrogen and oxygen atoms in total. The van der Waals surface area contributed by atoms with Gasteiger partial charge >= 0.3 is 5.97 Å². The number of nitro groups is 1. The van der Waals surface area contributed by atoms with Crippen LogP contribution < -0.4 is 4.90 Å². The van der Waals surface area contributed by atoms with Crippen LogP contribution in [0.25, 0.3) is 6.08 Å². The molecule has 0 aromatic heterocycles. The largest absolute Gasteiger partial charge is 0.468 e. The van der Waals surface area contributed by atoms with Crippen molar-refractivity contribution in [2.24, 2.45) is 5.41 Å². The van der Waals surface area contributed by atoms with Crippen LogP contribution in [0.2, 0.25) is 0 Å². The van der Waals surface area contributed by atoms with E-state index in [0.717, 1.165) is 10.0 Å². The minimum atomic E-state index is -1.77. The number of rotatable bonds is 5. The minimum Gasteiger partial charge on any atom is -0.468 e. The van der Waals surface area contributed by atoms with Gasteiger partial charge < -0.3 is 9.64 Å². The number of hydrogen-bond donors (Lipinski definition) is 0. The van der Waals surface area contributed by atoms with E-state index in [2.05, 4.69) is 22.0 Å². The monoisotopic (exact) mass is 557 g/mol. The van der Waals surface area contributed by atoms with Crippen LogP contribution in [0.3, 0.4) is 0 Å². The standard InChI is InChI=1S/C28H20BrN3O5/c1-37-27(34)28(16-30)23-14-11-17-5-2-3-8-22(17)31(23)25(24(28)18-9-12-20(29)13-10-18)26(33)19-6-4-7-21(15-19)32(35)36/h2-15,23-25H,1H3/t23-,24-,25-,28+/m0/s1. The van der Waals surface area contributed by atoms with E-state index in [0.29, 0.717) is 11.3 Å². The Morgan fingerprint density at radius 1 is 1.11 bits per heavy atom. The summed E-state index contributed by atoms with van der Waals surface area (Å²) < 4.78 is 5.98. The molecule has 2 aliphatic rings. The summed E-state index contributed by atoms with van der Waals surface area (Å²) in [7, 11) is 1.22. The molecule has 0 N–H and O–H groups in total. The van der Waals surface area contributed by atoms with Gasteiger partial charge in [0.15, 0.2) is 11.2 Å². The molecule has 0 aliphatic carbocycles. The van der Waals surface area contributed by atoms with Crippen molar-refractivity contribution < 1.29 is 19.2 Å². The molecule has 0 unspecified atom stereocenters. The predicted octanol–water partition coefficient (Wildman–Crippen LogP) is 5.29. The molecule has 0 bridgehead atoms. The Balaban J connectivity index is 1.81. The topological polar surface area (TPSA) is 114 Å². The summed E-state index contributed by atoms with van der Waals surface area (Å²) in [5.74, 6) is -2.13. The van der Waals surface area contributed by atoms with Crippen molar-refractivity contribution >= 4 is 45.1 Å². The van der Waals surface area contributed by atoms with Gasteiger partial charge in [-0.05, 0) is 29.3 Å². The fourth-order valence-corrected chi connectivity index (χ4v) is 5.79. The van der Waals surface area contributed by atoms with Crippen LogP contribution >= 0.6 is 15.9 Å². The van der Waals surface area contributed by atoms with E-state index < -0.39 is 40.1 Å². The number of nitro benzene ring substituents is 1. The SMILES string of the molecule is COC(=O)[C@]1(C#N)[C@@H]2C=Cc3ccccc3N2[C@H](C(=O)c2cccc([N+](=O)[O-])c2)[C@@H]1c1ccc(Br)cc1. The maximum Gasteiger partial charge on any atom is 0.329 e. The molecule has 0 radical (unpaired) electrons. The zero-order valence-corrected chi connectivity index (χ0v) is 21.2. The number of ketones is 1. The highest BCUT2D eigenvalue weighted by Crippen LogP contribution is 2.56. The number of methoxy groups -OCH3 is 1. The molecule has 184 valence electrons. The van der Waals surface area contributed by atoms with Gasteiger partial charge in [-0.1, -0.05) is 70.5 Å². The van der Waals surface area contributed by atoms with Gasteiger partial charge in [-0.25, -0.2) is 0 Å². The minimum absolute atomic E-state index is 0.116. The number of Topliss-reactive ketones (excluding diaryl/α,β-unsaturated/α-hetero) is 1. The maximum absolute atomic E-state index is 14.3. The number of ether oxygens (including phenoxy) is 1. The van der Waals surface area contributed by atoms with Crippen molar-refractivity contribution in [3.8, 4) is 6.07 Å². The molecule has 0 saturated carbocycles. The molecule has 9 heteroatoms. The number of anilines is 1. The summed E-state index contributed by atoms with van der Waals surface area (Å²) in [5.41, 5.74) is 0.225. The number of nitriles is 1. The van der Waals surface area contributed by atoms with Gasteiger partial charge in [-0.3, -0.25) is 19.7 Å². The van der Waals surface area contributed by atoms with Crippen LogP contribution in [-0.2, 0) is 9.53 Å². The number of non-ortho nitro benzene ring substituents is 1. The Morgan fingerprint density at radius 2 is 1.84 bits per heavy atom. The first-order valence-electron chi connectivity index (χ1n) is 11.4. The summed E-state index contributed by atoms with van der Waals surface area (Å²) in [5, 5.41) is 22.1. The Hall–Kier alpha value is -4.29. The highest BCUT2D eigenvalue weighted by atomic mass is 79.9. The number of hydrogen-bond acceptors (Lipinski definition) is 7. The van der Waals surface area contributed by atoms with Crippen LogP contribution in [0.1, 0.15) is 27.4 Å². The van der Waals surface area contributed by atoms with E-state index in [1.807, 2.05) is 30.3 Å². The number of benzene rings is 3. The third-order valence-electron chi connectivity index (χ3n) is 7.09. The number of esters is 1. The molecule has 37 heavy (non-hydrogen) atoms. The van der Waals surface area contributed by atoms with Crippen molar-refractivity contribution in [3.63, 3.8) is 0 Å². The molecule has 4 atom stereocenters. The Morgan fingerprint density at radius 3 is 2.51 bits per heavy atom. The van der Waals surface area contributed by atoms with Crippen LogP contribution in [0.5, 0.6) is 0 Å². The summed E-state index contributed by atoms with van der Waals surface area (Å²) in [6.07, 6.45) is 3.60. The first-order chi connectivity index (χ1) is 17.8. The smallest absolute Gasteiger partial charge is 0.329 e. The van der Waals surface area contributed by atoms with Gasteiger partial charge in [0, 0.05) is 33.8 Å². The highest BCUT2D eigenvalue weighted by molar-refractivity contribution is 9.10. The van der Waals surface area contributed by atoms with E-state index >= 15 is 0 Å². The summed E-state index contributed by atoms with van der Waals surface area (Å²) >= 11 is 3.42. The van der Waals surface area contributed by atoms with E-state index in [1.54, 1.807) is 35.2 Å². The maximum atomic E-state index is 14.3. The highest BCUT2D eigenvalue weighted by Gasteiger charge is 2.67. The molecule has 0 spiro atoms. The lowest BCUT2D eigenvalue weighted by Gasteiger charge is -2.36. The van der Waals surface area contributed by atoms with E-state index in [4.69, 9.17) is 4.74 Å². The second-order valence-electron chi connectivity index (χ2n) is 8.89. The first-order valence-corrected chi connectivity index (χ1v) is 12.2. The molecule has 5 rings (SSSR count). The Bertz CT molecular complexity index is 1500. The Kier molecular flexibility index (Phi) is 6.13. The summed E-state index contributed by atoms with van der Waals surface area (Å²) in [6, 6.07) is 20.4. The van der Waals surface area contributed by atoms with Gasteiger partial charge in [0.05, 0.1) is 24.1 Å². The predicted molar refractivity (Wildman–Crippen MR) is 140 cm³/mol. The van der Waals surface area contributed by atoms with Crippen molar-refractivity contribution in [2.45, 2.75) is 18.0 Å². The fourth-order valence-electron chi connectivity index (χ4n) is 5.52.